The summed E-state index contributed by atoms with van der Waals surface area (Å²) in [6.07, 6.45) is 8.88. The number of carbonyl (C=O) groups is 2. The van der Waals surface area contributed by atoms with E-state index < -0.39 is 18.0 Å². The van der Waals surface area contributed by atoms with E-state index in [4.69, 9.17) is 0 Å². The summed E-state index contributed by atoms with van der Waals surface area (Å²) in [4.78, 5) is 30.0. The normalized spacial score (nSPS) is 17.1. The Hall–Kier alpha value is -2.05. The number of carboxylic acid groups (broad SMARTS) is 1. The van der Waals surface area contributed by atoms with Gasteiger partial charge in [0.05, 0.1) is 6.33 Å². The van der Waals surface area contributed by atoms with Gasteiger partial charge in [0.15, 0.2) is 0 Å². The molecule has 7 nitrogen and oxygen atoms in total. The lowest BCUT2D eigenvalue weighted by Gasteiger charge is -2.28. The molecule has 0 aromatic carbocycles. The molecule has 1 fully saturated rings. The minimum atomic E-state index is -0.953. The number of hydrogen-bond acceptors (Lipinski definition) is 3. The largest absolute Gasteiger partial charge is 0.480 e. The first-order chi connectivity index (χ1) is 10.2. The van der Waals surface area contributed by atoms with Crippen LogP contribution in [-0.2, 0) is 11.2 Å². The van der Waals surface area contributed by atoms with Crippen molar-refractivity contribution in [2.45, 2.75) is 44.6 Å². The molecule has 0 bridgehead atoms. The number of aromatic amines is 1. The zero-order valence-electron chi connectivity index (χ0n) is 12.0. The summed E-state index contributed by atoms with van der Waals surface area (Å²) in [6, 6.07) is -1.22. The first-order valence-electron chi connectivity index (χ1n) is 7.41. The molecule has 0 radical (unpaired) electrons. The summed E-state index contributed by atoms with van der Waals surface area (Å²) in [5.41, 5.74) is 0.928. The topological polar surface area (TPSA) is 107 Å². The maximum atomic E-state index is 11.8. The lowest BCUT2D eigenvalue weighted by Crippen LogP contribution is -2.50. The number of urea groups is 1. The quantitative estimate of drug-likeness (QED) is 0.634. The summed E-state index contributed by atoms with van der Waals surface area (Å²) in [6.45, 7) is 0.436. The maximum Gasteiger partial charge on any atom is 0.326 e. The molecular weight excluding hydrogens is 272 g/mol. The van der Waals surface area contributed by atoms with Crippen molar-refractivity contribution in [3.8, 4) is 0 Å². The molecule has 1 aromatic heterocycles. The van der Waals surface area contributed by atoms with Gasteiger partial charge in [-0.25, -0.2) is 14.6 Å². The Morgan fingerprint density at radius 3 is 2.76 bits per heavy atom. The number of imidazole rings is 1. The minimum absolute atomic E-state index is 0.0367. The van der Waals surface area contributed by atoms with Gasteiger partial charge in [-0.1, -0.05) is 19.3 Å². The van der Waals surface area contributed by atoms with Crippen LogP contribution in [0.3, 0.4) is 0 Å². The SMILES string of the molecule is O=C(NCCc1cnc[nH]1)NC(C(=O)O)C1CCCCC1. The number of nitrogens with one attached hydrogen (secondary N) is 3. The first-order valence-corrected chi connectivity index (χ1v) is 7.41. The fourth-order valence-corrected chi connectivity index (χ4v) is 2.77. The van der Waals surface area contributed by atoms with Crippen molar-refractivity contribution in [1.29, 1.82) is 0 Å². The Kier molecular flexibility index (Phi) is 5.59. The molecule has 1 heterocycles. The molecule has 1 saturated carbocycles. The molecule has 1 atom stereocenters. The van der Waals surface area contributed by atoms with Gasteiger partial charge in [-0.05, 0) is 18.8 Å². The third-order valence-corrected chi connectivity index (χ3v) is 3.91. The summed E-state index contributed by atoms with van der Waals surface area (Å²) in [5, 5.41) is 14.6. The molecule has 0 spiro atoms. The van der Waals surface area contributed by atoms with Crippen LogP contribution >= 0.6 is 0 Å². The molecule has 0 aliphatic heterocycles. The zero-order chi connectivity index (χ0) is 15.1. The second-order valence-electron chi connectivity index (χ2n) is 5.44. The number of nitrogens with zero attached hydrogens (tertiary/aromatic N) is 1. The molecule has 1 unspecified atom stereocenters. The van der Waals surface area contributed by atoms with E-state index in [1.807, 2.05) is 0 Å². The highest BCUT2D eigenvalue weighted by atomic mass is 16.4. The van der Waals surface area contributed by atoms with E-state index in [0.717, 1.165) is 37.8 Å². The summed E-state index contributed by atoms with van der Waals surface area (Å²) < 4.78 is 0. The van der Waals surface area contributed by atoms with Crippen LogP contribution in [0.5, 0.6) is 0 Å². The van der Waals surface area contributed by atoms with E-state index in [1.165, 1.54) is 0 Å². The molecule has 1 aliphatic rings. The lowest BCUT2D eigenvalue weighted by molar-refractivity contribution is -0.141. The Morgan fingerprint density at radius 2 is 2.14 bits per heavy atom. The van der Waals surface area contributed by atoms with Crippen LogP contribution in [-0.4, -0.2) is 39.7 Å². The first kappa shape index (κ1) is 15.3. The van der Waals surface area contributed by atoms with E-state index >= 15 is 0 Å². The van der Waals surface area contributed by atoms with E-state index in [0.29, 0.717) is 13.0 Å². The molecule has 0 saturated heterocycles. The molecule has 2 amide bonds. The minimum Gasteiger partial charge on any atom is -0.480 e. The van der Waals surface area contributed by atoms with Gasteiger partial charge in [0.25, 0.3) is 0 Å². The van der Waals surface area contributed by atoms with Crippen LogP contribution in [0.15, 0.2) is 12.5 Å². The van der Waals surface area contributed by atoms with Crippen LogP contribution < -0.4 is 10.6 Å². The van der Waals surface area contributed by atoms with Gasteiger partial charge in [0.1, 0.15) is 6.04 Å². The summed E-state index contributed by atoms with van der Waals surface area (Å²) in [7, 11) is 0. The van der Waals surface area contributed by atoms with Crippen molar-refractivity contribution in [3.05, 3.63) is 18.2 Å². The number of carboxylic acids is 1. The lowest BCUT2D eigenvalue weighted by atomic mass is 9.84. The highest BCUT2D eigenvalue weighted by Crippen LogP contribution is 2.26. The third-order valence-electron chi connectivity index (χ3n) is 3.91. The fourth-order valence-electron chi connectivity index (χ4n) is 2.77. The maximum absolute atomic E-state index is 11.8. The standard InChI is InChI=1S/C14H22N4O3/c19-13(20)12(10-4-2-1-3-5-10)18-14(21)16-7-6-11-8-15-9-17-11/h8-10,12H,1-7H2,(H,15,17)(H,19,20)(H2,16,18,21). The number of hydrogen-bond donors (Lipinski definition) is 4. The predicted molar refractivity (Wildman–Crippen MR) is 76.8 cm³/mol. The number of amides is 2. The van der Waals surface area contributed by atoms with Crippen LogP contribution in [0, 0.1) is 5.92 Å². The monoisotopic (exact) mass is 294 g/mol. The van der Waals surface area contributed by atoms with Gasteiger partial charge in [0.2, 0.25) is 0 Å². The second-order valence-corrected chi connectivity index (χ2v) is 5.44. The molecule has 1 aromatic rings. The van der Waals surface area contributed by atoms with Gasteiger partial charge in [-0.15, -0.1) is 0 Å². The van der Waals surface area contributed by atoms with Crippen molar-refractivity contribution in [2.75, 3.05) is 6.54 Å². The number of H-pyrrole nitrogens is 1. The average molecular weight is 294 g/mol. The third kappa shape index (κ3) is 4.77. The van der Waals surface area contributed by atoms with E-state index in [1.54, 1.807) is 12.5 Å². The molecule has 7 heteroatoms. The molecule has 4 N–H and O–H groups in total. The highest BCUT2D eigenvalue weighted by Gasteiger charge is 2.30. The van der Waals surface area contributed by atoms with Gasteiger partial charge in [-0.2, -0.15) is 0 Å². The number of aromatic nitrogens is 2. The number of aliphatic carboxylic acids is 1. The van der Waals surface area contributed by atoms with Crippen molar-refractivity contribution in [3.63, 3.8) is 0 Å². The van der Waals surface area contributed by atoms with Crippen molar-refractivity contribution >= 4 is 12.0 Å². The van der Waals surface area contributed by atoms with Gasteiger partial charge >= 0.3 is 12.0 Å². The number of carbonyl (C=O) groups excluding carboxylic acids is 1. The van der Waals surface area contributed by atoms with Crippen molar-refractivity contribution in [1.82, 2.24) is 20.6 Å². The van der Waals surface area contributed by atoms with Crippen LogP contribution in [0.4, 0.5) is 4.79 Å². The van der Waals surface area contributed by atoms with Gasteiger partial charge in [-0.3, -0.25) is 0 Å². The van der Waals surface area contributed by atoms with Gasteiger partial charge < -0.3 is 20.7 Å². The Balaban J connectivity index is 1.76. The fraction of sp³-hybridized carbons (Fsp3) is 0.643. The smallest absolute Gasteiger partial charge is 0.326 e. The van der Waals surface area contributed by atoms with E-state index in [-0.39, 0.29) is 5.92 Å². The predicted octanol–water partition coefficient (Wildman–Crippen LogP) is 1.28. The summed E-state index contributed by atoms with van der Waals surface area (Å²) >= 11 is 0. The van der Waals surface area contributed by atoms with Gasteiger partial charge in [0, 0.05) is 24.9 Å². The van der Waals surface area contributed by atoms with Crippen LogP contribution in [0.2, 0.25) is 0 Å². The highest BCUT2D eigenvalue weighted by molar-refractivity contribution is 5.82. The zero-order valence-corrected chi connectivity index (χ0v) is 12.0. The average Bonchev–Trinajstić information content (AvgIpc) is 2.98. The summed E-state index contributed by atoms with van der Waals surface area (Å²) in [5.74, 6) is -0.916. The van der Waals surface area contributed by atoms with E-state index in [2.05, 4.69) is 20.6 Å². The van der Waals surface area contributed by atoms with Crippen molar-refractivity contribution < 1.29 is 14.7 Å². The Labute approximate surface area is 123 Å². The molecular formula is C14H22N4O3. The van der Waals surface area contributed by atoms with E-state index in [9.17, 15) is 14.7 Å². The second kappa shape index (κ2) is 7.66. The molecule has 116 valence electrons. The molecule has 2 rings (SSSR count). The molecule has 1 aliphatic carbocycles. The Morgan fingerprint density at radius 1 is 1.38 bits per heavy atom. The van der Waals surface area contributed by atoms with Crippen LogP contribution in [0.1, 0.15) is 37.8 Å². The van der Waals surface area contributed by atoms with Crippen LogP contribution in [0.25, 0.3) is 0 Å². The Bertz CT molecular complexity index is 455. The number of rotatable bonds is 6. The van der Waals surface area contributed by atoms with Crippen molar-refractivity contribution in [2.24, 2.45) is 5.92 Å². The molecule has 21 heavy (non-hydrogen) atoms.